The quantitative estimate of drug-likeness (QED) is 0.584. The van der Waals surface area contributed by atoms with E-state index < -0.39 is 24.1 Å². The minimum Gasteiger partial charge on any atom is -0.493 e. The lowest BCUT2D eigenvalue weighted by atomic mass is 10.2. The molecule has 1 rings (SSSR count). The highest BCUT2D eigenvalue weighted by Gasteiger charge is 2.19. The Morgan fingerprint density at radius 3 is 2.35 bits per heavy atom. The lowest BCUT2D eigenvalue weighted by Gasteiger charge is -2.13. The van der Waals surface area contributed by atoms with Gasteiger partial charge in [0.15, 0.2) is 17.6 Å². The van der Waals surface area contributed by atoms with Crippen LogP contribution in [0.25, 0.3) is 6.08 Å². The van der Waals surface area contributed by atoms with Crippen LogP contribution >= 0.6 is 0 Å². The molecule has 0 aliphatic carbocycles. The number of hydrogen-bond acceptors (Lipinski definition) is 7. The molecular weight excluding hydrogens is 342 g/mol. The summed E-state index contributed by atoms with van der Waals surface area (Å²) in [6.45, 7) is 5.15. The van der Waals surface area contributed by atoms with Gasteiger partial charge in [-0.15, -0.1) is 0 Å². The van der Waals surface area contributed by atoms with Crippen molar-refractivity contribution in [2.75, 3.05) is 14.2 Å². The maximum absolute atomic E-state index is 11.8. The second-order valence-corrected chi connectivity index (χ2v) is 5.47. The summed E-state index contributed by atoms with van der Waals surface area (Å²) in [5, 5.41) is 1.91. The van der Waals surface area contributed by atoms with E-state index >= 15 is 0 Å². The fraction of sp³-hybridized carbons (Fsp3) is 0.389. The predicted octanol–water partition coefficient (Wildman–Crippen LogP) is 2.31. The van der Waals surface area contributed by atoms with E-state index in [1.54, 1.807) is 18.2 Å². The zero-order valence-electron chi connectivity index (χ0n) is 15.4. The summed E-state index contributed by atoms with van der Waals surface area (Å²) in [6, 6.07) is 5.18. The van der Waals surface area contributed by atoms with Crippen molar-refractivity contribution in [2.24, 2.45) is 0 Å². The van der Waals surface area contributed by atoms with E-state index in [0.717, 1.165) is 7.11 Å². The average molecular weight is 365 g/mol. The fourth-order valence-corrected chi connectivity index (χ4v) is 1.82. The Hall–Kier alpha value is -3.03. The fourth-order valence-electron chi connectivity index (χ4n) is 1.82. The van der Waals surface area contributed by atoms with Crippen molar-refractivity contribution in [1.82, 2.24) is 5.32 Å². The minimum absolute atomic E-state index is 0.00195. The lowest BCUT2D eigenvalue weighted by Crippen LogP contribution is -2.39. The highest BCUT2D eigenvalue weighted by Crippen LogP contribution is 2.29. The van der Waals surface area contributed by atoms with Crippen LogP contribution < -0.4 is 14.8 Å². The molecule has 142 valence electrons. The van der Waals surface area contributed by atoms with Crippen molar-refractivity contribution in [1.29, 1.82) is 0 Å². The second-order valence-electron chi connectivity index (χ2n) is 5.47. The van der Waals surface area contributed by atoms with Gasteiger partial charge in [-0.25, -0.2) is 9.59 Å². The minimum atomic E-state index is -1.15. The number of esters is 1. The SMILES string of the molecule is COC(=O)NC(=O)[C@H](C)OC(=O)/C=C/c1ccc(OC(C)C)c(OC)c1. The molecular formula is C18H23NO7. The van der Waals surface area contributed by atoms with Crippen molar-refractivity contribution in [3.63, 3.8) is 0 Å². The zero-order valence-corrected chi connectivity index (χ0v) is 15.4. The maximum atomic E-state index is 11.8. The second kappa shape index (κ2) is 10.1. The molecule has 2 amide bonds. The zero-order chi connectivity index (χ0) is 19.7. The Morgan fingerprint density at radius 1 is 1.08 bits per heavy atom. The molecule has 0 aliphatic rings. The number of benzene rings is 1. The topological polar surface area (TPSA) is 100 Å². The van der Waals surface area contributed by atoms with Crippen molar-refractivity contribution in [3.8, 4) is 11.5 Å². The third-order valence-electron chi connectivity index (χ3n) is 3.04. The first kappa shape index (κ1) is 21.0. The molecule has 1 aromatic rings. The molecule has 0 aliphatic heterocycles. The number of methoxy groups -OCH3 is 2. The molecule has 8 heteroatoms. The van der Waals surface area contributed by atoms with Gasteiger partial charge in [-0.2, -0.15) is 0 Å². The molecule has 0 unspecified atom stereocenters. The summed E-state index contributed by atoms with van der Waals surface area (Å²) in [5.41, 5.74) is 0.682. The number of imide groups is 1. The largest absolute Gasteiger partial charge is 0.493 e. The molecule has 0 saturated carbocycles. The van der Waals surface area contributed by atoms with Gasteiger partial charge in [0.05, 0.1) is 20.3 Å². The van der Waals surface area contributed by atoms with Gasteiger partial charge < -0.3 is 18.9 Å². The standard InChI is InChI=1S/C18H23NO7/c1-11(2)25-14-8-6-13(10-15(14)23-4)7-9-16(20)26-12(3)17(21)19-18(22)24-5/h6-12H,1-5H3,(H,19,21,22)/b9-7+/t12-/m0/s1. The van der Waals surface area contributed by atoms with Gasteiger partial charge in [0, 0.05) is 6.08 Å². The van der Waals surface area contributed by atoms with E-state index in [2.05, 4.69) is 4.74 Å². The monoisotopic (exact) mass is 365 g/mol. The number of amides is 2. The van der Waals surface area contributed by atoms with Crippen LogP contribution in [0.3, 0.4) is 0 Å². The summed E-state index contributed by atoms with van der Waals surface area (Å²) >= 11 is 0. The Bertz CT molecular complexity index is 682. The molecule has 0 aromatic heterocycles. The van der Waals surface area contributed by atoms with Crippen LogP contribution in [0.1, 0.15) is 26.3 Å². The third kappa shape index (κ3) is 6.84. The molecule has 0 saturated heterocycles. The van der Waals surface area contributed by atoms with Crippen LogP contribution in [0.4, 0.5) is 4.79 Å². The first-order valence-corrected chi connectivity index (χ1v) is 7.89. The number of ether oxygens (including phenoxy) is 4. The average Bonchev–Trinajstić information content (AvgIpc) is 2.59. The summed E-state index contributed by atoms with van der Waals surface area (Å²) in [5.74, 6) is -0.398. The molecule has 0 spiro atoms. The molecule has 0 heterocycles. The first-order valence-electron chi connectivity index (χ1n) is 7.89. The van der Waals surface area contributed by atoms with Gasteiger partial charge in [-0.3, -0.25) is 10.1 Å². The van der Waals surface area contributed by atoms with E-state index in [1.807, 2.05) is 19.2 Å². The number of hydrogen-bond donors (Lipinski definition) is 1. The maximum Gasteiger partial charge on any atom is 0.413 e. The van der Waals surface area contributed by atoms with Crippen LogP contribution in [-0.2, 0) is 19.1 Å². The van der Waals surface area contributed by atoms with Crippen LogP contribution in [0.2, 0.25) is 0 Å². The molecule has 0 bridgehead atoms. The van der Waals surface area contributed by atoms with E-state index in [-0.39, 0.29) is 6.10 Å². The Labute approximate surface area is 152 Å². The molecule has 1 atom stereocenters. The van der Waals surface area contributed by atoms with Gasteiger partial charge in [0.25, 0.3) is 5.91 Å². The summed E-state index contributed by atoms with van der Waals surface area (Å²) in [4.78, 5) is 34.3. The van der Waals surface area contributed by atoms with E-state index in [1.165, 1.54) is 26.2 Å². The molecule has 0 radical (unpaired) electrons. The summed E-state index contributed by atoms with van der Waals surface area (Å²) in [6.07, 6.45) is 0.596. The highest BCUT2D eigenvalue weighted by atomic mass is 16.6. The molecule has 1 aromatic carbocycles. The van der Waals surface area contributed by atoms with Crippen molar-refractivity contribution in [2.45, 2.75) is 33.0 Å². The number of carbonyl (C=O) groups is 3. The lowest BCUT2D eigenvalue weighted by molar-refractivity contribution is -0.149. The highest BCUT2D eigenvalue weighted by molar-refractivity contribution is 5.96. The summed E-state index contributed by atoms with van der Waals surface area (Å²) in [7, 11) is 2.64. The molecule has 1 N–H and O–H groups in total. The van der Waals surface area contributed by atoms with Crippen LogP contribution in [0.5, 0.6) is 11.5 Å². The number of rotatable bonds is 7. The van der Waals surface area contributed by atoms with Gasteiger partial charge >= 0.3 is 12.1 Å². The van der Waals surface area contributed by atoms with Gasteiger partial charge in [-0.1, -0.05) is 6.07 Å². The number of nitrogens with one attached hydrogen (secondary N) is 1. The normalized spacial score (nSPS) is 11.8. The van der Waals surface area contributed by atoms with Gasteiger partial charge in [0.1, 0.15) is 0 Å². The Kier molecular flexibility index (Phi) is 8.14. The van der Waals surface area contributed by atoms with Crippen molar-refractivity contribution >= 4 is 24.0 Å². The predicted molar refractivity (Wildman–Crippen MR) is 93.9 cm³/mol. The van der Waals surface area contributed by atoms with Crippen LogP contribution in [0, 0.1) is 0 Å². The smallest absolute Gasteiger partial charge is 0.413 e. The number of alkyl carbamates (subject to hydrolysis) is 1. The molecule has 0 fully saturated rings. The van der Waals surface area contributed by atoms with Crippen molar-refractivity contribution < 1.29 is 33.3 Å². The Balaban J connectivity index is 2.70. The Morgan fingerprint density at radius 2 is 1.77 bits per heavy atom. The van der Waals surface area contributed by atoms with E-state index in [0.29, 0.717) is 17.1 Å². The summed E-state index contributed by atoms with van der Waals surface area (Å²) < 4.78 is 20.1. The van der Waals surface area contributed by atoms with Crippen molar-refractivity contribution in [3.05, 3.63) is 29.8 Å². The van der Waals surface area contributed by atoms with E-state index in [4.69, 9.17) is 14.2 Å². The van der Waals surface area contributed by atoms with Crippen LogP contribution in [-0.4, -0.2) is 44.4 Å². The third-order valence-corrected chi connectivity index (χ3v) is 3.04. The van der Waals surface area contributed by atoms with Gasteiger partial charge in [-0.05, 0) is 44.5 Å². The number of carbonyl (C=O) groups excluding carboxylic acids is 3. The first-order chi connectivity index (χ1) is 12.3. The molecule has 26 heavy (non-hydrogen) atoms. The van der Waals surface area contributed by atoms with Crippen LogP contribution in [0.15, 0.2) is 24.3 Å². The molecule has 8 nitrogen and oxygen atoms in total. The van der Waals surface area contributed by atoms with E-state index in [9.17, 15) is 14.4 Å². The van der Waals surface area contributed by atoms with Gasteiger partial charge in [0.2, 0.25) is 0 Å².